The largest absolute Gasteiger partial charge is 0.195 e. The molecular weight excluding hydrogens is 442 g/mol. The second-order valence-electron chi connectivity index (χ2n) is 8.73. The van der Waals surface area contributed by atoms with E-state index in [1.807, 2.05) is 30.3 Å². The first-order valence-corrected chi connectivity index (χ1v) is 13.0. The number of aryl methyl sites for hydroxylation is 1. The van der Waals surface area contributed by atoms with Crippen molar-refractivity contribution in [2.45, 2.75) is 65.2 Å². The van der Waals surface area contributed by atoms with Crippen LogP contribution in [0.15, 0.2) is 71.7 Å². The van der Waals surface area contributed by atoms with Crippen LogP contribution in [0.4, 0.5) is 5.69 Å². The minimum absolute atomic E-state index is 0.666. The van der Waals surface area contributed by atoms with Crippen molar-refractivity contribution in [2.75, 3.05) is 0 Å². The molecule has 0 aliphatic heterocycles. The molecule has 176 valence electrons. The Balaban J connectivity index is 1.74. The average Bonchev–Trinajstić information content (AvgIpc) is 2.90. The van der Waals surface area contributed by atoms with Crippen molar-refractivity contribution in [3.63, 3.8) is 0 Å². The van der Waals surface area contributed by atoms with Crippen molar-refractivity contribution in [3.8, 4) is 23.7 Å². The van der Waals surface area contributed by atoms with Crippen LogP contribution in [0.3, 0.4) is 0 Å². The molecule has 0 fully saturated rings. The van der Waals surface area contributed by atoms with Gasteiger partial charge in [-0.1, -0.05) is 75.8 Å². The third-order valence-electron chi connectivity index (χ3n) is 6.15. The van der Waals surface area contributed by atoms with Gasteiger partial charge in [0.15, 0.2) is 0 Å². The zero-order valence-electron chi connectivity index (χ0n) is 21.0. The number of hydrogen-bond donors (Lipinski definition) is 0. The van der Waals surface area contributed by atoms with Crippen LogP contribution in [0.2, 0.25) is 0 Å². The second kappa shape index (κ2) is 14.1. The monoisotopic (exact) mass is 475 g/mol. The Labute approximate surface area is 216 Å². The molecule has 3 rings (SSSR count). The zero-order valence-corrected chi connectivity index (χ0v) is 21.8. The predicted octanol–water partition coefficient (Wildman–Crippen LogP) is 8.86. The van der Waals surface area contributed by atoms with Crippen molar-refractivity contribution >= 4 is 23.1 Å². The topological polar surface area (TPSA) is 12.4 Å². The third kappa shape index (κ3) is 8.09. The molecule has 0 aliphatic carbocycles. The summed E-state index contributed by atoms with van der Waals surface area (Å²) in [5, 5.41) is 2.38. The Bertz CT molecular complexity index is 1270. The quantitative estimate of drug-likeness (QED) is 0.180. The molecule has 3 aromatic carbocycles. The van der Waals surface area contributed by atoms with E-state index >= 15 is 0 Å². The first-order chi connectivity index (χ1) is 17.2. The van der Waals surface area contributed by atoms with Crippen LogP contribution in [0.25, 0.3) is 0 Å². The molecule has 0 heterocycles. The molecule has 0 aromatic heterocycles. The maximum absolute atomic E-state index is 4.64. The van der Waals surface area contributed by atoms with Crippen LogP contribution < -0.4 is 0 Å². The predicted molar refractivity (Wildman–Crippen MR) is 153 cm³/mol. The normalized spacial score (nSPS) is 10.8. The molecule has 0 spiro atoms. The van der Waals surface area contributed by atoms with Gasteiger partial charge in [0.1, 0.15) is 0 Å². The van der Waals surface area contributed by atoms with Gasteiger partial charge in [0.05, 0.1) is 10.8 Å². The summed E-state index contributed by atoms with van der Waals surface area (Å²) in [6.45, 7) is 6.70. The van der Waals surface area contributed by atoms with Gasteiger partial charge in [-0.3, -0.25) is 0 Å². The van der Waals surface area contributed by atoms with Crippen LogP contribution >= 0.6 is 12.2 Å². The maximum Gasteiger partial charge on any atom is 0.0740 e. The molecule has 0 aliphatic rings. The van der Waals surface area contributed by atoms with Gasteiger partial charge in [-0.2, -0.15) is 4.99 Å². The first kappa shape index (κ1) is 26.2. The average molecular weight is 476 g/mol. The van der Waals surface area contributed by atoms with Crippen LogP contribution in [0.1, 0.15) is 92.2 Å². The summed E-state index contributed by atoms with van der Waals surface area (Å²) in [6, 6.07) is 22.8. The van der Waals surface area contributed by atoms with E-state index in [4.69, 9.17) is 0 Å². The highest BCUT2D eigenvalue weighted by molar-refractivity contribution is 7.78. The minimum Gasteiger partial charge on any atom is -0.195 e. The molecule has 0 saturated heterocycles. The van der Waals surface area contributed by atoms with Gasteiger partial charge in [-0.25, -0.2) is 0 Å². The van der Waals surface area contributed by atoms with Gasteiger partial charge in [0.2, 0.25) is 0 Å². The Morgan fingerprint density at radius 2 is 1.34 bits per heavy atom. The number of unbranched alkanes of at least 4 members (excludes halogenated alkanes) is 1. The molecular formula is C33H33NS. The number of isothiocyanates is 1. The molecule has 0 bridgehead atoms. The standard InChI is InChI=1S/C33H33NS/c1-4-7-9-30(8-5-2)32-19-13-27(14-20-32)12-18-31-21-15-28(24-29(31)6-3)11-10-26-16-22-33(23-17-26)34-25-35/h13-17,19-24,30H,4-9H2,1-3H3. The van der Waals surface area contributed by atoms with Gasteiger partial charge in [-0.05, 0) is 103 Å². The van der Waals surface area contributed by atoms with Crippen molar-refractivity contribution in [1.82, 2.24) is 0 Å². The minimum atomic E-state index is 0.666. The van der Waals surface area contributed by atoms with Gasteiger partial charge in [-0.15, -0.1) is 0 Å². The highest BCUT2D eigenvalue weighted by Gasteiger charge is 2.09. The Kier molecular flexibility index (Phi) is 10.5. The molecule has 35 heavy (non-hydrogen) atoms. The molecule has 0 N–H and O–H groups in total. The van der Waals surface area contributed by atoms with Gasteiger partial charge < -0.3 is 0 Å². The molecule has 1 nitrogen and oxygen atoms in total. The molecule has 3 aromatic rings. The van der Waals surface area contributed by atoms with E-state index in [1.54, 1.807) is 0 Å². The van der Waals surface area contributed by atoms with Crippen LogP contribution in [-0.2, 0) is 6.42 Å². The fourth-order valence-corrected chi connectivity index (χ4v) is 4.26. The lowest BCUT2D eigenvalue weighted by Crippen LogP contribution is -1.98. The van der Waals surface area contributed by atoms with E-state index in [9.17, 15) is 0 Å². The smallest absolute Gasteiger partial charge is 0.0740 e. The summed E-state index contributed by atoms with van der Waals surface area (Å²) in [6.07, 6.45) is 7.23. The summed E-state index contributed by atoms with van der Waals surface area (Å²) >= 11 is 4.64. The number of nitrogens with zero attached hydrogens (tertiary/aromatic N) is 1. The highest BCUT2D eigenvalue weighted by Crippen LogP contribution is 2.27. The van der Waals surface area contributed by atoms with Crippen LogP contribution in [0.5, 0.6) is 0 Å². The first-order valence-electron chi connectivity index (χ1n) is 12.6. The Hall–Kier alpha value is -3.42. The number of aliphatic imine (C=N–C) groups is 1. The van der Waals surface area contributed by atoms with Gasteiger partial charge in [0.25, 0.3) is 0 Å². The summed E-state index contributed by atoms with van der Waals surface area (Å²) in [4.78, 5) is 3.97. The fourth-order valence-electron chi connectivity index (χ4n) is 4.16. The summed E-state index contributed by atoms with van der Waals surface area (Å²) in [5.74, 6) is 13.9. The highest BCUT2D eigenvalue weighted by atomic mass is 32.1. The molecule has 0 saturated carbocycles. The van der Waals surface area contributed by atoms with Crippen molar-refractivity contribution < 1.29 is 0 Å². The summed E-state index contributed by atoms with van der Waals surface area (Å²) in [7, 11) is 0. The number of benzene rings is 3. The number of thiocarbonyl (C=S) groups is 1. The molecule has 2 heteroatoms. The fraction of sp³-hybridized carbons (Fsp3) is 0.303. The molecule has 0 amide bonds. The lowest BCUT2D eigenvalue weighted by atomic mass is 9.89. The van der Waals surface area contributed by atoms with Crippen molar-refractivity contribution in [2.24, 2.45) is 4.99 Å². The van der Waals surface area contributed by atoms with Crippen molar-refractivity contribution in [1.29, 1.82) is 0 Å². The zero-order chi connectivity index (χ0) is 24.9. The summed E-state index contributed by atoms with van der Waals surface area (Å²) < 4.78 is 0. The van der Waals surface area contributed by atoms with Crippen LogP contribution in [0, 0.1) is 23.7 Å². The van der Waals surface area contributed by atoms with E-state index in [0.29, 0.717) is 5.92 Å². The lowest BCUT2D eigenvalue weighted by molar-refractivity contribution is 0.541. The Morgan fingerprint density at radius 1 is 0.714 bits per heavy atom. The number of hydrogen-bond acceptors (Lipinski definition) is 2. The van der Waals surface area contributed by atoms with E-state index in [-0.39, 0.29) is 0 Å². The maximum atomic E-state index is 4.64. The molecule has 1 unspecified atom stereocenters. The molecule has 0 radical (unpaired) electrons. The lowest BCUT2D eigenvalue weighted by Gasteiger charge is -2.16. The second-order valence-corrected chi connectivity index (χ2v) is 8.91. The van der Waals surface area contributed by atoms with Gasteiger partial charge >= 0.3 is 0 Å². The molecule has 1 atom stereocenters. The number of rotatable bonds is 8. The van der Waals surface area contributed by atoms with E-state index in [1.165, 1.54) is 43.2 Å². The Morgan fingerprint density at radius 3 is 1.97 bits per heavy atom. The summed E-state index contributed by atoms with van der Waals surface area (Å²) in [5.41, 5.74) is 7.51. The van der Waals surface area contributed by atoms with Crippen molar-refractivity contribution in [3.05, 3.63) is 100 Å². The van der Waals surface area contributed by atoms with Gasteiger partial charge in [0, 0.05) is 22.3 Å². The van der Waals surface area contributed by atoms with E-state index in [2.05, 4.69) is 103 Å². The SMILES string of the molecule is CCCCC(CCC)c1ccc(C#Cc2ccc(C#Cc3ccc(N=C=S)cc3)cc2CC)cc1. The van der Waals surface area contributed by atoms with E-state index in [0.717, 1.165) is 34.4 Å². The van der Waals surface area contributed by atoms with Crippen LogP contribution in [-0.4, -0.2) is 5.16 Å². The van der Waals surface area contributed by atoms with E-state index < -0.39 is 0 Å². The third-order valence-corrected chi connectivity index (χ3v) is 6.24.